The Morgan fingerprint density at radius 3 is 3.17 bits per heavy atom. The van der Waals surface area contributed by atoms with Crippen molar-refractivity contribution in [1.29, 1.82) is 0 Å². The minimum atomic E-state index is 0.734. The normalized spacial score (nSPS) is 17.0. The lowest BCUT2D eigenvalue weighted by Crippen LogP contribution is -1.78. The Kier molecular flexibility index (Phi) is 1.06. The molecule has 0 unspecified atom stereocenters. The molecule has 1 aliphatic rings. The number of aromatic amines is 1. The molecule has 12 heavy (non-hydrogen) atoms. The molecule has 1 fully saturated rings. The quantitative estimate of drug-likeness (QED) is 0.689. The lowest BCUT2D eigenvalue weighted by Gasteiger charge is -1.90. The average Bonchev–Trinajstić information content (AvgIpc) is 2.86. The summed E-state index contributed by atoms with van der Waals surface area (Å²) in [6.45, 7) is 0. The second kappa shape index (κ2) is 2.06. The number of nitrogens with one attached hydrogen (secondary N) is 1. The molecule has 1 N–H and O–H groups in total. The molecule has 3 nitrogen and oxygen atoms in total. The summed E-state index contributed by atoms with van der Waals surface area (Å²) in [5.74, 6) is 0.734. The third kappa shape index (κ3) is 0.763. The van der Waals surface area contributed by atoms with E-state index < -0.39 is 0 Å². The Morgan fingerprint density at radius 1 is 1.42 bits per heavy atom. The van der Waals surface area contributed by atoms with Crippen LogP contribution < -0.4 is 0 Å². The summed E-state index contributed by atoms with van der Waals surface area (Å²) < 4.78 is 0. The van der Waals surface area contributed by atoms with Gasteiger partial charge in [0.15, 0.2) is 0 Å². The van der Waals surface area contributed by atoms with Crippen molar-refractivity contribution in [1.82, 2.24) is 15.2 Å². The molecule has 2 aromatic heterocycles. The van der Waals surface area contributed by atoms with Gasteiger partial charge >= 0.3 is 0 Å². The van der Waals surface area contributed by atoms with E-state index in [4.69, 9.17) is 0 Å². The van der Waals surface area contributed by atoms with Gasteiger partial charge in [-0.25, -0.2) is 0 Å². The summed E-state index contributed by atoms with van der Waals surface area (Å²) in [6, 6.07) is 2.03. The first kappa shape index (κ1) is 6.17. The van der Waals surface area contributed by atoms with Crippen LogP contribution in [-0.2, 0) is 0 Å². The monoisotopic (exact) mass is 159 g/mol. The number of rotatable bonds is 1. The van der Waals surface area contributed by atoms with Gasteiger partial charge in [0.25, 0.3) is 0 Å². The van der Waals surface area contributed by atoms with Gasteiger partial charge < -0.3 is 0 Å². The van der Waals surface area contributed by atoms with Crippen molar-refractivity contribution in [3.05, 3.63) is 24.2 Å². The van der Waals surface area contributed by atoms with E-state index in [9.17, 15) is 0 Å². The molecule has 1 saturated carbocycles. The van der Waals surface area contributed by atoms with E-state index in [1.807, 2.05) is 12.3 Å². The fraction of sp³-hybridized carbons (Fsp3) is 0.333. The molecule has 0 spiro atoms. The van der Waals surface area contributed by atoms with Gasteiger partial charge in [0, 0.05) is 23.2 Å². The largest absolute Gasteiger partial charge is 0.281 e. The van der Waals surface area contributed by atoms with E-state index in [2.05, 4.69) is 15.2 Å². The number of hydrogen-bond acceptors (Lipinski definition) is 2. The molecule has 60 valence electrons. The van der Waals surface area contributed by atoms with E-state index in [1.54, 1.807) is 6.20 Å². The minimum absolute atomic E-state index is 0.734. The highest BCUT2D eigenvalue weighted by Gasteiger charge is 2.26. The van der Waals surface area contributed by atoms with Crippen LogP contribution in [0.2, 0.25) is 0 Å². The van der Waals surface area contributed by atoms with Gasteiger partial charge in [-0.2, -0.15) is 5.10 Å². The van der Waals surface area contributed by atoms with E-state index in [0.717, 1.165) is 11.4 Å². The van der Waals surface area contributed by atoms with Crippen molar-refractivity contribution in [3.8, 4) is 0 Å². The zero-order chi connectivity index (χ0) is 7.97. The molecule has 3 heteroatoms. The number of hydrogen-bond donors (Lipinski definition) is 1. The fourth-order valence-electron chi connectivity index (χ4n) is 1.57. The summed E-state index contributed by atoms with van der Waals surface area (Å²) in [5, 5.41) is 8.52. The van der Waals surface area contributed by atoms with Crippen LogP contribution in [-0.4, -0.2) is 15.2 Å². The summed E-state index contributed by atoms with van der Waals surface area (Å²) in [6.07, 6.45) is 6.24. The third-order valence-corrected chi connectivity index (χ3v) is 2.37. The predicted molar refractivity (Wildman–Crippen MR) is 45.9 cm³/mol. The van der Waals surface area contributed by atoms with Crippen molar-refractivity contribution in [2.75, 3.05) is 0 Å². The second-order valence-electron chi connectivity index (χ2n) is 3.30. The van der Waals surface area contributed by atoms with E-state index in [0.29, 0.717) is 0 Å². The highest BCUT2D eigenvalue weighted by Crippen LogP contribution is 2.41. The van der Waals surface area contributed by atoms with Crippen LogP contribution in [0.5, 0.6) is 0 Å². The van der Waals surface area contributed by atoms with Crippen LogP contribution in [0.25, 0.3) is 10.9 Å². The van der Waals surface area contributed by atoms with E-state index >= 15 is 0 Å². The summed E-state index contributed by atoms with van der Waals surface area (Å²) >= 11 is 0. The lowest BCUT2D eigenvalue weighted by atomic mass is 10.2. The third-order valence-electron chi connectivity index (χ3n) is 2.37. The van der Waals surface area contributed by atoms with Crippen molar-refractivity contribution < 1.29 is 0 Å². The van der Waals surface area contributed by atoms with Crippen molar-refractivity contribution in [2.45, 2.75) is 18.8 Å². The Balaban J connectivity index is 2.30. The molecule has 0 aromatic carbocycles. The number of aromatic nitrogens is 3. The zero-order valence-electron chi connectivity index (χ0n) is 6.62. The van der Waals surface area contributed by atoms with E-state index in [1.165, 1.54) is 23.9 Å². The SMILES string of the molecule is c1cc2c(C3CC3)[nH]nc2cn1. The summed E-state index contributed by atoms with van der Waals surface area (Å²) in [5.41, 5.74) is 2.28. The average molecular weight is 159 g/mol. The molecule has 0 radical (unpaired) electrons. The van der Waals surface area contributed by atoms with Crippen molar-refractivity contribution in [2.24, 2.45) is 0 Å². The van der Waals surface area contributed by atoms with Crippen LogP contribution in [0.4, 0.5) is 0 Å². The summed E-state index contributed by atoms with van der Waals surface area (Å²) in [4.78, 5) is 4.02. The highest BCUT2D eigenvalue weighted by atomic mass is 15.1. The maximum atomic E-state index is 4.19. The number of nitrogens with zero attached hydrogens (tertiary/aromatic N) is 2. The van der Waals surface area contributed by atoms with Crippen LogP contribution in [0.15, 0.2) is 18.5 Å². The van der Waals surface area contributed by atoms with E-state index in [-0.39, 0.29) is 0 Å². The topological polar surface area (TPSA) is 41.6 Å². The molecule has 1 aliphatic carbocycles. The number of H-pyrrole nitrogens is 1. The Labute approximate surface area is 69.8 Å². The van der Waals surface area contributed by atoms with Crippen LogP contribution in [0, 0.1) is 0 Å². The molecule has 0 amide bonds. The predicted octanol–water partition coefficient (Wildman–Crippen LogP) is 1.84. The van der Waals surface area contributed by atoms with Crippen LogP contribution >= 0.6 is 0 Å². The van der Waals surface area contributed by atoms with Gasteiger partial charge in [-0.3, -0.25) is 10.1 Å². The standard InChI is InChI=1S/C9H9N3/c1-2-6(1)9-7-3-4-10-5-8(7)11-12-9/h3-6H,1-2H2,(H,11,12). The summed E-state index contributed by atoms with van der Waals surface area (Å²) in [7, 11) is 0. The van der Waals surface area contributed by atoms with Gasteiger partial charge in [-0.05, 0) is 18.9 Å². The fourth-order valence-corrected chi connectivity index (χ4v) is 1.57. The number of fused-ring (bicyclic) bond motifs is 1. The first-order valence-corrected chi connectivity index (χ1v) is 4.23. The van der Waals surface area contributed by atoms with Crippen molar-refractivity contribution >= 4 is 10.9 Å². The molecule has 0 saturated heterocycles. The Hall–Kier alpha value is -1.38. The molecule has 2 aromatic rings. The molecular weight excluding hydrogens is 150 g/mol. The lowest BCUT2D eigenvalue weighted by molar-refractivity contribution is 0.978. The van der Waals surface area contributed by atoms with Crippen molar-refractivity contribution in [3.63, 3.8) is 0 Å². The molecule has 0 atom stereocenters. The smallest absolute Gasteiger partial charge is 0.111 e. The maximum Gasteiger partial charge on any atom is 0.111 e. The molecule has 0 bridgehead atoms. The molecular formula is C9H9N3. The van der Waals surface area contributed by atoms with Crippen LogP contribution in [0.1, 0.15) is 24.5 Å². The zero-order valence-corrected chi connectivity index (χ0v) is 6.62. The van der Waals surface area contributed by atoms with Gasteiger partial charge in [-0.1, -0.05) is 0 Å². The van der Waals surface area contributed by atoms with Gasteiger partial charge in [0.05, 0.1) is 6.20 Å². The van der Waals surface area contributed by atoms with Gasteiger partial charge in [-0.15, -0.1) is 0 Å². The molecule has 0 aliphatic heterocycles. The van der Waals surface area contributed by atoms with Gasteiger partial charge in [0.1, 0.15) is 5.52 Å². The first-order chi connectivity index (χ1) is 5.95. The molecule has 3 rings (SSSR count). The second-order valence-corrected chi connectivity index (χ2v) is 3.30. The minimum Gasteiger partial charge on any atom is -0.281 e. The maximum absolute atomic E-state index is 4.19. The number of pyridine rings is 1. The first-order valence-electron chi connectivity index (χ1n) is 4.23. The highest BCUT2D eigenvalue weighted by molar-refractivity contribution is 5.80. The Bertz CT molecular complexity index is 414. The Morgan fingerprint density at radius 2 is 2.33 bits per heavy atom. The van der Waals surface area contributed by atoms with Gasteiger partial charge in [0.2, 0.25) is 0 Å². The van der Waals surface area contributed by atoms with Crippen LogP contribution in [0.3, 0.4) is 0 Å². The molecule has 2 heterocycles.